The van der Waals surface area contributed by atoms with Gasteiger partial charge in [0.15, 0.2) is 0 Å². The number of pyridine rings is 1. The quantitative estimate of drug-likeness (QED) is 0.177. The molecule has 4 amide bonds. The average Bonchev–Trinajstić information content (AvgIpc) is 3.78. The van der Waals surface area contributed by atoms with Crippen molar-refractivity contribution >= 4 is 45.2 Å². The van der Waals surface area contributed by atoms with Gasteiger partial charge in [-0.1, -0.05) is 63.2 Å². The van der Waals surface area contributed by atoms with Crippen LogP contribution in [0.2, 0.25) is 0 Å². The molecule has 3 heterocycles. The Bertz CT molecular complexity index is 2090. The molecule has 1 aliphatic heterocycles. The molecule has 4 aliphatic rings. The fourth-order valence-corrected chi connectivity index (χ4v) is 10.4. The monoisotopic (exact) mass is 817 g/mol. The Labute approximate surface area is 338 Å². The highest BCUT2D eigenvalue weighted by atomic mass is 32.2. The van der Waals surface area contributed by atoms with Gasteiger partial charge in [-0.05, 0) is 79.9 Å². The standard InChI is InChI=1S/C42H51N5O8S2/c1-5-28-25-42(28,38(50)46-57(52,53)41(18-19-41)24-27-12-7-6-8-13-27)45-36(48)33-23-31(54-30-17-20-43-32(22-30)34-16-11-21-56-34)26-47(33)37(49)35(40(2,3)4)44-39(51)55-29-14-9-10-15-29/h5-8,11-13,16-17,20-22,28-29,31,33,35H,1,9-10,14-15,18-19,23-26H2,2-4H3,(H,44,51)(H,45,48)(H,46,50)/t28-,31-,33+,35?,42-/m1/s1. The van der Waals surface area contributed by atoms with E-state index in [-0.39, 0.29) is 31.9 Å². The van der Waals surface area contributed by atoms with Crippen LogP contribution in [0.25, 0.3) is 10.6 Å². The molecule has 5 atom stereocenters. The highest BCUT2D eigenvalue weighted by Gasteiger charge is 2.63. The third kappa shape index (κ3) is 8.74. The third-order valence-corrected chi connectivity index (χ3v) is 14.7. The number of hydrogen-bond donors (Lipinski definition) is 3. The van der Waals surface area contributed by atoms with Crippen molar-refractivity contribution < 1.29 is 37.1 Å². The molecule has 3 aliphatic carbocycles. The molecule has 57 heavy (non-hydrogen) atoms. The molecule has 304 valence electrons. The average molecular weight is 818 g/mol. The number of carbonyl (C=O) groups is 4. The van der Waals surface area contributed by atoms with E-state index in [1.54, 1.807) is 18.3 Å². The molecule has 4 fully saturated rings. The number of alkyl carbamates (subject to hydrolysis) is 1. The number of amides is 4. The summed E-state index contributed by atoms with van der Waals surface area (Å²) in [7, 11) is -4.14. The maximum absolute atomic E-state index is 14.6. The Morgan fingerprint density at radius 1 is 1.05 bits per heavy atom. The van der Waals surface area contributed by atoms with Gasteiger partial charge < -0.3 is 25.0 Å². The van der Waals surface area contributed by atoms with Gasteiger partial charge in [0, 0.05) is 24.6 Å². The SMILES string of the molecule is C=C[C@@H]1C[C@]1(NC(=O)[C@@H]1C[C@@H](Oc2ccnc(-c3cccs3)c2)CN1C(=O)C(NC(=O)OC1CCCC1)C(C)(C)C)C(=O)NS(=O)(=O)C1(Cc2ccccc2)CC1. The second kappa shape index (κ2) is 15.9. The highest BCUT2D eigenvalue weighted by Crippen LogP contribution is 2.48. The van der Waals surface area contributed by atoms with E-state index in [1.165, 1.54) is 22.3 Å². The van der Waals surface area contributed by atoms with Crippen LogP contribution in [0.3, 0.4) is 0 Å². The Morgan fingerprint density at radius 2 is 1.79 bits per heavy atom. The van der Waals surface area contributed by atoms with Gasteiger partial charge >= 0.3 is 6.09 Å². The second-order valence-electron chi connectivity index (χ2n) is 16.9. The lowest BCUT2D eigenvalue weighted by Crippen LogP contribution is -2.60. The van der Waals surface area contributed by atoms with Crippen LogP contribution in [0.4, 0.5) is 4.79 Å². The van der Waals surface area contributed by atoms with Crippen LogP contribution >= 0.6 is 11.3 Å². The Morgan fingerprint density at radius 3 is 2.42 bits per heavy atom. The molecule has 0 spiro atoms. The summed E-state index contributed by atoms with van der Waals surface area (Å²) in [6.07, 6.45) is 6.28. The minimum Gasteiger partial charge on any atom is -0.488 e. The van der Waals surface area contributed by atoms with Crippen molar-refractivity contribution in [1.82, 2.24) is 25.2 Å². The number of thiophene rings is 1. The van der Waals surface area contributed by atoms with Crippen molar-refractivity contribution in [2.75, 3.05) is 6.54 Å². The summed E-state index contributed by atoms with van der Waals surface area (Å²) in [4.78, 5) is 63.1. The van der Waals surface area contributed by atoms with Crippen molar-refractivity contribution in [1.29, 1.82) is 0 Å². The first kappa shape index (κ1) is 40.4. The van der Waals surface area contributed by atoms with Crippen molar-refractivity contribution in [3.05, 3.63) is 84.4 Å². The number of hydrogen-bond acceptors (Lipinski definition) is 10. The Balaban J connectivity index is 1.12. The molecule has 1 saturated heterocycles. The minimum atomic E-state index is -4.14. The summed E-state index contributed by atoms with van der Waals surface area (Å²) in [5, 5.41) is 7.60. The number of ether oxygens (including phenoxy) is 2. The molecule has 13 nitrogen and oxygen atoms in total. The van der Waals surface area contributed by atoms with E-state index in [0.29, 0.717) is 24.3 Å². The summed E-state index contributed by atoms with van der Waals surface area (Å²) >= 11 is 1.53. The van der Waals surface area contributed by atoms with E-state index in [2.05, 4.69) is 26.9 Å². The fourth-order valence-electron chi connectivity index (χ4n) is 8.04. The normalized spacial score (nSPS) is 24.5. The van der Waals surface area contributed by atoms with Gasteiger partial charge in [-0.15, -0.1) is 17.9 Å². The van der Waals surface area contributed by atoms with Crippen molar-refractivity contribution in [2.24, 2.45) is 11.3 Å². The van der Waals surface area contributed by atoms with Crippen molar-refractivity contribution in [3.8, 4) is 16.3 Å². The van der Waals surface area contributed by atoms with Crippen molar-refractivity contribution in [3.63, 3.8) is 0 Å². The molecule has 3 aromatic rings. The predicted octanol–water partition coefficient (Wildman–Crippen LogP) is 5.52. The first-order chi connectivity index (χ1) is 27.1. The van der Waals surface area contributed by atoms with Crippen LogP contribution in [0, 0.1) is 11.3 Å². The molecule has 0 bridgehead atoms. The molecular formula is C42H51N5O8S2. The lowest BCUT2D eigenvalue weighted by atomic mass is 9.85. The van der Waals surface area contributed by atoms with Gasteiger partial charge in [0.25, 0.3) is 5.91 Å². The van der Waals surface area contributed by atoms with E-state index >= 15 is 0 Å². The van der Waals surface area contributed by atoms with Crippen LogP contribution in [-0.2, 0) is 35.6 Å². The lowest BCUT2D eigenvalue weighted by molar-refractivity contribution is -0.143. The first-order valence-electron chi connectivity index (χ1n) is 19.6. The summed E-state index contributed by atoms with van der Waals surface area (Å²) in [6, 6.07) is 14.4. The van der Waals surface area contributed by atoms with Gasteiger partial charge in [-0.25, -0.2) is 13.2 Å². The molecule has 7 rings (SSSR count). The zero-order valence-corrected chi connectivity index (χ0v) is 34.2. The Hall–Kier alpha value is -4.76. The largest absolute Gasteiger partial charge is 0.488 e. The van der Waals surface area contributed by atoms with Gasteiger partial charge in [-0.3, -0.25) is 24.1 Å². The highest BCUT2D eigenvalue weighted by molar-refractivity contribution is 7.91. The Kier molecular flexibility index (Phi) is 11.3. The van der Waals surface area contributed by atoms with Crippen LogP contribution in [0.15, 0.2) is 78.8 Å². The van der Waals surface area contributed by atoms with Gasteiger partial charge in [0.05, 0.1) is 21.9 Å². The topological polar surface area (TPSA) is 173 Å². The molecule has 15 heteroatoms. The summed E-state index contributed by atoms with van der Waals surface area (Å²) in [5.74, 6) is -2.05. The molecule has 1 unspecified atom stereocenters. The third-order valence-electron chi connectivity index (χ3n) is 11.6. The molecule has 1 aromatic carbocycles. The van der Waals surface area contributed by atoms with Gasteiger partial charge in [-0.2, -0.15) is 0 Å². The summed E-state index contributed by atoms with van der Waals surface area (Å²) in [5.41, 5.74) is -0.816. The second-order valence-corrected chi connectivity index (χ2v) is 19.9. The molecule has 3 saturated carbocycles. The maximum Gasteiger partial charge on any atom is 0.408 e. The van der Waals surface area contributed by atoms with E-state index in [4.69, 9.17) is 9.47 Å². The van der Waals surface area contributed by atoms with E-state index < -0.39 is 73.6 Å². The van der Waals surface area contributed by atoms with E-state index in [9.17, 15) is 27.6 Å². The van der Waals surface area contributed by atoms with Crippen LogP contribution in [0.1, 0.15) is 77.7 Å². The maximum atomic E-state index is 14.6. The predicted molar refractivity (Wildman–Crippen MR) is 216 cm³/mol. The van der Waals surface area contributed by atoms with Crippen LogP contribution < -0.4 is 20.1 Å². The molecular weight excluding hydrogens is 767 g/mol. The van der Waals surface area contributed by atoms with Crippen LogP contribution in [0.5, 0.6) is 5.75 Å². The fraction of sp³-hybridized carbons (Fsp3) is 0.500. The number of nitrogens with zero attached hydrogens (tertiary/aromatic N) is 2. The zero-order chi connectivity index (χ0) is 40.6. The van der Waals surface area contributed by atoms with Crippen molar-refractivity contribution in [2.45, 2.75) is 113 Å². The number of aromatic nitrogens is 1. The molecule has 3 N–H and O–H groups in total. The number of carbonyl (C=O) groups excluding carboxylic acids is 4. The lowest BCUT2D eigenvalue weighted by Gasteiger charge is -2.35. The van der Waals surface area contributed by atoms with Gasteiger partial charge in [0.1, 0.15) is 35.6 Å². The number of nitrogens with one attached hydrogen (secondary N) is 3. The zero-order valence-electron chi connectivity index (χ0n) is 32.6. The van der Waals surface area contributed by atoms with E-state index in [0.717, 1.165) is 36.1 Å². The summed E-state index contributed by atoms with van der Waals surface area (Å²) in [6.45, 7) is 9.29. The molecule has 2 aromatic heterocycles. The number of likely N-dealkylation sites (tertiary alicyclic amines) is 1. The molecule has 0 radical (unpaired) electrons. The minimum absolute atomic E-state index is 0.0000205. The number of benzene rings is 1. The van der Waals surface area contributed by atoms with E-state index in [1.807, 2.05) is 68.6 Å². The number of rotatable bonds is 14. The summed E-state index contributed by atoms with van der Waals surface area (Å²) < 4.78 is 40.8. The number of sulfonamides is 1. The smallest absolute Gasteiger partial charge is 0.408 e. The van der Waals surface area contributed by atoms with Crippen LogP contribution in [-0.4, -0.2) is 83.2 Å². The first-order valence-corrected chi connectivity index (χ1v) is 22.0. The van der Waals surface area contributed by atoms with Gasteiger partial charge in [0.2, 0.25) is 21.8 Å².